The predicted octanol–water partition coefficient (Wildman–Crippen LogP) is 3.23. The van der Waals surface area contributed by atoms with Crippen LogP contribution in [0, 0.1) is 0 Å². The fourth-order valence-corrected chi connectivity index (χ4v) is 4.67. The van der Waals surface area contributed by atoms with Crippen LogP contribution in [0.5, 0.6) is 0 Å². The fourth-order valence-electron chi connectivity index (χ4n) is 4.33. The third-order valence-corrected chi connectivity index (χ3v) is 6.47. The normalized spacial score (nSPS) is 18.1. The van der Waals surface area contributed by atoms with Crippen molar-refractivity contribution >= 4 is 29.2 Å². The molecule has 4 heterocycles. The summed E-state index contributed by atoms with van der Waals surface area (Å²) in [7, 11) is 0. The molecule has 0 radical (unpaired) electrons. The lowest BCUT2D eigenvalue weighted by atomic mass is 10.1. The molecule has 2 aliphatic heterocycles. The van der Waals surface area contributed by atoms with E-state index in [0.29, 0.717) is 22.8 Å². The van der Waals surface area contributed by atoms with Gasteiger partial charge >= 0.3 is 5.76 Å². The molecule has 1 aromatic carbocycles. The summed E-state index contributed by atoms with van der Waals surface area (Å²) < 4.78 is 6.68. The Morgan fingerprint density at radius 2 is 2.09 bits per heavy atom. The van der Waals surface area contributed by atoms with Crippen LogP contribution in [0.3, 0.4) is 0 Å². The summed E-state index contributed by atoms with van der Waals surface area (Å²) in [5.74, 6) is 0.331. The molecule has 9 nitrogen and oxygen atoms in total. The maximum absolute atomic E-state index is 13.6. The van der Waals surface area contributed by atoms with Crippen molar-refractivity contribution in [2.24, 2.45) is 0 Å². The van der Waals surface area contributed by atoms with Gasteiger partial charge in [0.1, 0.15) is 11.4 Å². The average molecular weight is 453 g/mol. The van der Waals surface area contributed by atoms with Gasteiger partial charge in [-0.2, -0.15) is 4.68 Å². The van der Waals surface area contributed by atoms with Crippen LogP contribution in [-0.2, 0) is 0 Å². The van der Waals surface area contributed by atoms with Crippen LogP contribution in [0.1, 0.15) is 43.1 Å². The molecule has 1 amide bonds. The minimum absolute atomic E-state index is 0.105. The van der Waals surface area contributed by atoms with Gasteiger partial charge in [-0.15, -0.1) is 5.10 Å². The van der Waals surface area contributed by atoms with Crippen molar-refractivity contribution in [1.82, 2.24) is 19.7 Å². The second-order valence-electron chi connectivity index (χ2n) is 8.26. The van der Waals surface area contributed by atoms with Crippen LogP contribution in [0.15, 0.2) is 44.8 Å². The highest BCUT2D eigenvalue weighted by Crippen LogP contribution is 2.35. The molecule has 10 heteroatoms. The maximum atomic E-state index is 13.6. The topological polar surface area (TPSA) is 97.4 Å². The molecule has 3 aromatic rings. The lowest BCUT2D eigenvalue weighted by molar-refractivity contribution is 0.0988. The Balaban J connectivity index is 1.56. The third kappa shape index (κ3) is 3.48. The summed E-state index contributed by atoms with van der Waals surface area (Å²) in [5.41, 5.74) is 1.88. The van der Waals surface area contributed by atoms with Crippen LogP contribution >= 0.6 is 11.8 Å². The summed E-state index contributed by atoms with van der Waals surface area (Å²) >= 11 is 1.47. The highest BCUT2D eigenvalue weighted by Gasteiger charge is 2.37. The molecule has 5 rings (SSSR count). The van der Waals surface area contributed by atoms with Crippen LogP contribution in [0.2, 0.25) is 0 Å². The molecule has 0 saturated carbocycles. The third-order valence-electron chi connectivity index (χ3n) is 5.91. The Hall–Kier alpha value is -3.14. The molecule has 0 spiro atoms. The number of carbonyl (C=O) groups excluding carboxylic acids is 1. The van der Waals surface area contributed by atoms with Crippen molar-refractivity contribution in [2.45, 2.75) is 43.9 Å². The number of anilines is 2. The molecule has 2 aromatic heterocycles. The van der Waals surface area contributed by atoms with Gasteiger partial charge in [0.15, 0.2) is 5.16 Å². The minimum atomic E-state index is -0.497. The first kappa shape index (κ1) is 20.7. The first-order chi connectivity index (χ1) is 15.5. The largest absolute Gasteiger partial charge is 0.437 e. The lowest BCUT2D eigenvalue weighted by Crippen LogP contribution is -2.39. The van der Waals surface area contributed by atoms with E-state index < -0.39 is 5.76 Å². The number of hydrogen-bond acceptors (Lipinski definition) is 8. The van der Waals surface area contributed by atoms with Crippen molar-refractivity contribution in [3.05, 3.63) is 46.6 Å². The minimum Gasteiger partial charge on any atom is -0.388 e. The van der Waals surface area contributed by atoms with E-state index in [1.54, 1.807) is 11.1 Å². The zero-order valence-corrected chi connectivity index (χ0v) is 19.0. The van der Waals surface area contributed by atoms with Crippen LogP contribution in [-0.4, -0.2) is 51.0 Å². The standard InChI is InChI=1S/C22H24N6O3S/c1-13(2)28-22(30)31-19(25-28)14-6-4-7-15(10-14)27-12-16-8-5-9-26(16)18-17(20(27)29)11-23-21(24-18)32-3/h4,6-7,10-11,13,16H,5,8-9,12H2,1-3H3. The van der Waals surface area contributed by atoms with E-state index in [4.69, 9.17) is 4.42 Å². The number of rotatable bonds is 4. The molecule has 2 aliphatic rings. The predicted molar refractivity (Wildman–Crippen MR) is 122 cm³/mol. The number of nitrogens with zero attached hydrogens (tertiary/aromatic N) is 6. The first-order valence-corrected chi connectivity index (χ1v) is 11.9. The summed E-state index contributed by atoms with van der Waals surface area (Å²) in [6, 6.07) is 7.48. The van der Waals surface area contributed by atoms with Crippen molar-refractivity contribution in [2.75, 3.05) is 29.1 Å². The van der Waals surface area contributed by atoms with Crippen molar-refractivity contribution in [3.8, 4) is 11.5 Å². The van der Waals surface area contributed by atoms with E-state index in [2.05, 4.69) is 20.0 Å². The van der Waals surface area contributed by atoms with Gasteiger partial charge in [-0.25, -0.2) is 14.8 Å². The smallest absolute Gasteiger partial charge is 0.388 e. The van der Waals surface area contributed by atoms with Crippen molar-refractivity contribution in [3.63, 3.8) is 0 Å². The molecular weight excluding hydrogens is 428 g/mol. The van der Waals surface area contributed by atoms with E-state index >= 15 is 0 Å². The SMILES string of the molecule is CSc1ncc2c(n1)N1CCCC1CN(c1cccc(-c3nn(C(C)C)c(=O)o3)c1)C2=O. The lowest BCUT2D eigenvalue weighted by Gasteiger charge is -2.27. The van der Waals surface area contributed by atoms with Crippen LogP contribution in [0.4, 0.5) is 11.5 Å². The van der Waals surface area contributed by atoms with Gasteiger partial charge in [0.25, 0.3) is 5.91 Å². The van der Waals surface area contributed by atoms with E-state index in [1.165, 1.54) is 16.4 Å². The molecule has 0 bridgehead atoms. The molecule has 1 saturated heterocycles. The molecule has 1 unspecified atom stereocenters. The highest BCUT2D eigenvalue weighted by atomic mass is 32.2. The van der Waals surface area contributed by atoms with Crippen LogP contribution in [0.25, 0.3) is 11.5 Å². The van der Waals surface area contributed by atoms with Crippen LogP contribution < -0.4 is 15.6 Å². The van der Waals surface area contributed by atoms with Crippen molar-refractivity contribution in [1.29, 1.82) is 0 Å². The monoisotopic (exact) mass is 452 g/mol. The first-order valence-electron chi connectivity index (χ1n) is 10.7. The average Bonchev–Trinajstić information content (AvgIpc) is 3.40. The Morgan fingerprint density at radius 3 is 2.84 bits per heavy atom. The van der Waals surface area contributed by atoms with E-state index in [1.807, 2.05) is 44.4 Å². The quantitative estimate of drug-likeness (QED) is 0.440. The van der Waals surface area contributed by atoms with Gasteiger partial charge in [-0.1, -0.05) is 17.8 Å². The Morgan fingerprint density at radius 1 is 1.25 bits per heavy atom. The number of amides is 1. The van der Waals surface area contributed by atoms with Gasteiger partial charge in [0.2, 0.25) is 5.89 Å². The highest BCUT2D eigenvalue weighted by molar-refractivity contribution is 7.98. The molecule has 166 valence electrons. The van der Waals surface area contributed by atoms with E-state index in [-0.39, 0.29) is 23.9 Å². The number of aromatic nitrogens is 4. The number of benzene rings is 1. The summed E-state index contributed by atoms with van der Waals surface area (Å²) in [6.45, 7) is 5.17. The number of thioether (sulfide) groups is 1. The van der Waals surface area contributed by atoms with Gasteiger partial charge in [0.05, 0.1) is 6.04 Å². The molecule has 0 aliphatic carbocycles. The summed E-state index contributed by atoms with van der Waals surface area (Å²) in [4.78, 5) is 38.7. The number of fused-ring (bicyclic) bond motifs is 3. The van der Waals surface area contributed by atoms with Crippen molar-refractivity contribution < 1.29 is 9.21 Å². The Kier molecular flexibility index (Phi) is 5.24. The second kappa shape index (κ2) is 8.09. The Bertz CT molecular complexity index is 1240. The second-order valence-corrected chi connectivity index (χ2v) is 9.03. The summed E-state index contributed by atoms with van der Waals surface area (Å²) in [6.07, 6.45) is 5.62. The maximum Gasteiger partial charge on any atom is 0.437 e. The van der Waals surface area contributed by atoms with Gasteiger partial charge in [-0.3, -0.25) is 4.79 Å². The number of carbonyl (C=O) groups is 1. The molecule has 0 N–H and O–H groups in total. The molecule has 1 fully saturated rings. The van der Waals surface area contributed by atoms with E-state index in [9.17, 15) is 9.59 Å². The van der Waals surface area contributed by atoms with Gasteiger partial charge in [-0.05, 0) is 51.1 Å². The zero-order chi connectivity index (χ0) is 22.4. The summed E-state index contributed by atoms with van der Waals surface area (Å²) in [5, 5.41) is 4.98. The molecular formula is C22H24N6O3S. The Labute approximate surface area is 189 Å². The van der Waals surface area contributed by atoms with Gasteiger partial charge < -0.3 is 14.2 Å². The molecule has 1 atom stereocenters. The zero-order valence-electron chi connectivity index (χ0n) is 18.2. The number of hydrogen-bond donors (Lipinski definition) is 0. The van der Waals surface area contributed by atoms with Gasteiger partial charge in [0, 0.05) is 36.6 Å². The van der Waals surface area contributed by atoms with E-state index in [0.717, 1.165) is 30.9 Å². The molecule has 32 heavy (non-hydrogen) atoms. The fraction of sp³-hybridized carbons (Fsp3) is 0.409.